The van der Waals surface area contributed by atoms with Gasteiger partial charge in [-0.25, -0.2) is 4.79 Å². The molecule has 0 aliphatic carbocycles. The molecular weight excluding hydrogens is 448 g/mol. The molecule has 1 aliphatic rings. The Labute approximate surface area is 205 Å². The number of imide groups is 1. The number of nitrogens with zero attached hydrogens (tertiary/aromatic N) is 3. The first kappa shape index (κ1) is 26.1. The molecule has 9 nitrogen and oxygen atoms in total. The summed E-state index contributed by atoms with van der Waals surface area (Å²) in [6.45, 7) is 2.45. The molecule has 0 bridgehead atoms. The summed E-state index contributed by atoms with van der Waals surface area (Å²) in [5.41, 5.74) is 1.27. The number of hydrogen-bond donors (Lipinski definition) is 1. The number of ether oxygens (including phenoxy) is 1. The van der Waals surface area contributed by atoms with Crippen molar-refractivity contribution in [3.8, 4) is 0 Å². The standard InChI is InChI=1S/C26H34N4O5/c1-3-35-26(34)21-18-27-29(2)23(21)28-22(31)16-10-8-6-4-5-7-9-13-17-30-24(32)19-14-11-12-15-20(19)25(30)33/h11-12,14-15,18H,3-10,13,16-17H2,1-2H3,(H,28,31). The van der Waals surface area contributed by atoms with Gasteiger partial charge in [-0.1, -0.05) is 50.7 Å². The van der Waals surface area contributed by atoms with Crippen molar-refractivity contribution in [1.29, 1.82) is 0 Å². The number of unbranched alkanes of at least 4 members (excludes halogenated alkanes) is 7. The second-order valence-corrected chi connectivity index (χ2v) is 8.69. The highest BCUT2D eigenvalue weighted by molar-refractivity contribution is 6.21. The smallest absolute Gasteiger partial charge is 0.343 e. The summed E-state index contributed by atoms with van der Waals surface area (Å²) in [7, 11) is 1.66. The van der Waals surface area contributed by atoms with Crippen molar-refractivity contribution in [2.75, 3.05) is 18.5 Å². The fourth-order valence-electron chi connectivity index (χ4n) is 4.20. The summed E-state index contributed by atoms with van der Waals surface area (Å²) < 4.78 is 6.45. The topological polar surface area (TPSA) is 111 Å². The van der Waals surface area contributed by atoms with Crippen LogP contribution in [0.15, 0.2) is 30.5 Å². The van der Waals surface area contributed by atoms with Gasteiger partial charge in [0.25, 0.3) is 11.8 Å². The van der Waals surface area contributed by atoms with Crippen LogP contribution in [0.2, 0.25) is 0 Å². The molecule has 1 N–H and O–H groups in total. The molecule has 9 heteroatoms. The number of amides is 3. The van der Waals surface area contributed by atoms with E-state index in [-0.39, 0.29) is 29.9 Å². The van der Waals surface area contributed by atoms with Crippen LogP contribution in [0.5, 0.6) is 0 Å². The van der Waals surface area contributed by atoms with Gasteiger partial charge in [0.05, 0.1) is 23.9 Å². The Morgan fingerprint density at radius 1 is 0.914 bits per heavy atom. The number of carbonyl (C=O) groups excluding carboxylic acids is 4. The van der Waals surface area contributed by atoms with Gasteiger partial charge in [0.2, 0.25) is 5.91 Å². The van der Waals surface area contributed by atoms with Crippen LogP contribution in [0.4, 0.5) is 5.82 Å². The lowest BCUT2D eigenvalue weighted by Gasteiger charge is -2.13. The molecule has 3 amide bonds. The van der Waals surface area contributed by atoms with Crippen LogP contribution in [0.1, 0.15) is 95.8 Å². The first-order chi connectivity index (χ1) is 16.9. The molecule has 3 rings (SSSR count). The van der Waals surface area contributed by atoms with Gasteiger partial charge in [0.1, 0.15) is 11.4 Å². The number of hydrogen-bond acceptors (Lipinski definition) is 6. The van der Waals surface area contributed by atoms with Crippen LogP contribution in [-0.2, 0) is 16.6 Å². The van der Waals surface area contributed by atoms with Crippen LogP contribution >= 0.6 is 0 Å². The number of anilines is 1. The minimum absolute atomic E-state index is 0.146. The molecule has 2 heterocycles. The lowest BCUT2D eigenvalue weighted by molar-refractivity contribution is -0.116. The van der Waals surface area contributed by atoms with E-state index in [4.69, 9.17) is 4.74 Å². The van der Waals surface area contributed by atoms with E-state index in [1.54, 1.807) is 38.2 Å². The fourth-order valence-corrected chi connectivity index (χ4v) is 4.20. The maximum atomic E-state index is 12.4. The van der Waals surface area contributed by atoms with Crippen molar-refractivity contribution in [3.05, 3.63) is 47.2 Å². The van der Waals surface area contributed by atoms with Gasteiger partial charge in [0, 0.05) is 20.0 Å². The summed E-state index contributed by atoms with van der Waals surface area (Å²) in [5, 5.41) is 6.80. The zero-order chi connectivity index (χ0) is 25.2. The Morgan fingerprint density at radius 3 is 2.09 bits per heavy atom. The van der Waals surface area contributed by atoms with E-state index in [1.165, 1.54) is 15.8 Å². The quantitative estimate of drug-likeness (QED) is 0.244. The van der Waals surface area contributed by atoms with Gasteiger partial charge in [-0.05, 0) is 31.9 Å². The summed E-state index contributed by atoms with van der Waals surface area (Å²) in [5.74, 6) is -0.660. The average molecular weight is 483 g/mol. The maximum Gasteiger partial charge on any atom is 0.343 e. The number of rotatable bonds is 14. The Bertz CT molecular complexity index is 1030. The SMILES string of the molecule is CCOC(=O)c1cnn(C)c1NC(=O)CCCCCCCCCCN1C(=O)c2ccccc2C1=O. The first-order valence-electron chi connectivity index (χ1n) is 12.4. The van der Waals surface area contributed by atoms with Gasteiger partial charge in [-0.15, -0.1) is 0 Å². The second-order valence-electron chi connectivity index (χ2n) is 8.69. The Balaban J connectivity index is 1.23. The minimum atomic E-state index is -0.500. The first-order valence-corrected chi connectivity index (χ1v) is 12.4. The fraction of sp³-hybridized carbons (Fsp3) is 0.500. The number of carbonyl (C=O) groups is 4. The molecule has 35 heavy (non-hydrogen) atoms. The lowest BCUT2D eigenvalue weighted by Crippen LogP contribution is -2.30. The van der Waals surface area contributed by atoms with E-state index in [0.717, 1.165) is 51.4 Å². The van der Waals surface area contributed by atoms with E-state index in [9.17, 15) is 19.2 Å². The molecule has 0 fully saturated rings. The normalized spacial score (nSPS) is 12.7. The molecule has 188 valence electrons. The van der Waals surface area contributed by atoms with Gasteiger partial charge < -0.3 is 10.1 Å². The Hall–Kier alpha value is -3.49. The predicted octanol–water partition coefficient (Wildman–Crippen LogP) is 4.34. The minimum Gasteiger partial charge on any atom is -0.462 e. The van der Waals surface area contributed by atoms with Crippen LogP contribution in [0, 0.1) is 0 Å². The highest BCUT2D eigenvalue weighted by Gasteiger charge is 2.34. The van der Waals surface area contributed by atoms with Crippen LogP contribution in [0.25, 0.3) is 0 Å². The van der Waals surface area contributed by atoms with Gasteiger partial charge >= 0.3 is 5.97 Å². The summed E-state index contributed by atoms with van der Waals surface area (Å²) >= 11 is 0. The number of esters is 1. The molecule has 0 atom stereocenters. The summed E-state index contributed by atoms with van der Waals surface area (Å²) in [6, 6.07) is 6.98. The molecule has 0 unspecified atom stereocenters. The van der Waals surface area contributed by atoms with Crippen LogP contribution in [0.3, 0.4) is 0 Å². The van der Waals surface area contributed by atoms with Crippen molar-refractivity contribution < 1.29 is 23.9 Å². The number of fused-ring (bicyclic) bond motifs is 1. The number of aromatic nitrogens is 2. The number of benzene rings is 1. The lowest BCUT2D eigenvalue weighted by atomic mass is 10.1. The molecule has 1 aliphatic heterocycles. The van der Waals surface area contributed by atoms with Crippen molar-refractivity contribution in [3.63, 3.8) is 0 Å². The predicted molar refractivity (Wildman–Crippen MR) is 131 cm³/mol. The second kappa shape index (κ2) is 12.8. The van der Waals surface area contributed by atoms with Crippen molar-refractivity contribution >= 4 is 29.5 Å². The van der Waals surface area contributed by atoms with E-state index in [2.05, 4.69) is 10.4 Å². The molecule has 0 spiro atoms. The third-order valence-electron chi connectivity index (χ3n) is 6.11. The van der Waals surface area contributed by atoms with Crippen LogP contribution < -0.4 is 5.32 Å². The molecule has 0 saturated heterocycles. The van der Waals surface area contributed by atoms with E-state index in [0.29, 0.717) is 29.9 Å². The average Bonchev–Trinajstić information content (AvgIpc) is 3.32. The van der Waals surface area contributed by atoms with Crippen LogP contribution in [-0.4, -0.2) is 51.5 Å². The van der Waals surface area contributed by atoms with Gasteiger partial charge in [0.15, 0.2) is 0 Å². The van der Waals surface area contributed by atoms with E-state index < -0.39 is 5.97 Å². The monoisotopic (exact) mass is 482 g/mol. The molecule has 1 aromatic heterocycles. The highest BCUT2D eigenvalue weighted by Crippen LogP contribution is 2.23. The summed E-state index contributed by atoms with van der Waals surface area (Å²) in [6.07, 6.45) is 9.58. The van der Waals surface area contributed by atoms with E-state index in [1.807, 2.05) is 0 Å². The summed E-state index contributed by atoms with van der Waals surface area (Å²) in [4.78, 5) is 50.3. The highest BCUT2D eigenvalue weighted by atomic mass is 16.5. The molecule has 1 aromatic carbocycles. The Morgan fingerprint density at radius 2 is 1.49 bits per heavy atom. The van der Waals surface area contributed by atoms with Crippen molar-refractivity contribution in [2.45, 2.75) is 64.7 Å². The molecule has 0 saturated carbocycles. The Kier molecular flexibility index (Phi) is 9.57. The van der Waals surface area contributed by atoms with Crippen molar-refractivity contribution in [1.82, 2.24) is 14.7 Å². The zero-order valence-corrected chi connectivity index (χ0v) is 20.5. The third kappa shape index (κ3) is 6.77. The number of nitrogens with one attached hydrogen (secondary N) is 1. The van der Waals surface area contributed by atoms with Crippen molar-refractivity contribution in [2.24, 2.45) is 7.05 Å². The maximum absolute atomic E-state index is 12.4. The molecular formula is C26H34N4O5. The van der Waals surface area contributed by atoms with E-state index >= 15 is 0 Å². The molecule has 0 radical (unpaired) electrons. The zero-order valence-electron chi connectivity index (χ0n) is 20.5. The van der Waals surface area contributed by atoms with Gasteiger partial charge in [-0.2, -0.15) is 5.10 Å². The third-order valence-corrected chi connectivity index (χ3v) is 6.11. The van der Waals surface area contributed by atoms with Gasteiger partial charge in [-0.3, -0.25) is 24.0 Å². The largest absolute Gasteiger partial charge is 0.462 e. The molecule has 2 aromatic rings. The number of aryl methyl sites for hydroxylation is 1.